The van der Waals surface area contributed by atoms with Gasteiger partial charge in [-0.3, -0.25) is 14.6 Å². The zero-order valence-electron chi connectivity index (χ0n) is 13.8. The fourth-order valence-electron chi connectivity index (χ4n) is 2.90. The molecule has 0 spiro atoms. The molecule has 0 bridgehead atoms. The summed E-state index contributed by atoms with van der Waals surface area (Å²) in [6.07, 6.45) is 4.72. The minimum atomic E-state index is -1.39. The summed E-state index contributed by atoms with van der Waals surface area (Å²) < 4.78 is 5.26. The van der Waals surface area contributed by atoms with E-state index in [0.29, 0.717) is 16.2 Å². The van der Waals surface area contributed by atoms with Crippen molar-refractivity contribution in [3.05, 3.63) is 52.4 Å². The van der Waals surface area contributed by atoms with Crippen molar-refractivity contribution in [2.45, 2.75) is 12.5 Å². The third-order valence-electron chi connectivity index (χ3n) is 4.15. The van der Waals surface area contributed by atoms with E-state index in [9.17, 15) is 9.59 Å². The molecule has 1 aliphatic rings. The second-order valence-electron chi connectivity index (χ2n) is 5.62. The summed E-state index contributed by atoms with van der Waals surface area (Å²) in [4.78, 5) is 29.7. The van der Waals surface area contributed by atoms with E-state index in [1.165, 1.54) is 17.6 Å². The highest BCUT2D eigenvalue weighted by Gasteiger charge is 2.42. The van der Waals surface area contributed by atoms with Crippen molar-refractivity contribution in [2.75, 3.05) is 7.11 Å². The van der Waals surface area contributed by atoms with Crippen LogP contribution in [0.25, 0.3) is 10.4 Å². The lowest BCUT2D eigenvalue weighted by atomic mass is 9.92. The third-order valence-corrected chi connectivity index (χ3v) is 5.61. The molecule has 1 unspecified atom stereocenters. The number of aliphatic imine (C=N–C) groups is 1. The Kier molecular flexibility index (Phi) is 4.18. The number of carbonyl (C=O) groups excluding carboxylic acids is 2. The Morgan fingerprint density at radius 1 is 1.28 bits per heavy atom. The average molecular weight is 355 g/mol. The van der Waals surface area contributed by atoms with Crippen molar-refractivity contribution < 1.29 is 14.3 Å². The molecule has 4 N–H and O–H groups in total. The van der Waals surface area contributed by atoms with Gasteiger partial charge in [0.05, 0.1) is 17.6 Å². The molecule has 2 aromatic rings. The van der Waals surface area contributed by atoms with Gasteiger partial charge >= 0.3 is 0 Å². The van der Waals surface area contributed by atoms with Crippen molar-refractivity contribution >= 4 is 29.4 Å². The van der Waals surface area contributed by atoms with Gasteiger partial charge in [-0.2, -0.15) is 0 Å². The molecule has 2 heterocycles. The molecule has 0 saturated heterocycles. The number of methoxy groups -OCH3 is 1. The van der Waals surface area contributed by atoms with E-state index in [1.807, 2.05) is 24.3 Å². The summed E-state index contributed by atoms with van der Waals surface area (Å²) in [5.41, 5.74) is 11.7. The van der Waals surface area contributed by atoms with Gasteiger partial charge in [-0.15, -0.1) is 11.3 Å². The van der Waals surface area contributed by atoms with Gasteiger partial charge in [0.15, 0.2) is 5.54 Å². The molecular weight excluding hydrogens is 338 g/mol. The predicted octanol–water partition coefficient (Wildman–Crippen LogP) is 2.15. The van der Waals surface area contributed by atoms with Crippen LogP contribution < -0.4 is 16.2 Å². The molecule has 2 amide bonds. The Hall–Kier alpha value is -2.93. The Labute approximate surface area is 148 Å². The van der Waals surface area contributed by atoms with Crippen LogP contribution in [0.5, 0.6) is 5.75 Å². The molecule has 6 nitrogen and oxygen atoms in total. The van der Waals surface area contributed by atoms with Gasteiger partial charge in [-0.25, -0.2) is 0 Å². The number of nitrogens with two attached hydrogens (primary N) is 2. The number of allylic oxidation sites excluding steroid dienone is 1. The van der Waals surface area contributed by atoms with Gasteiger partial charge in [-0.1, -0.05) is 12.1 Å². The smallest absolute Gasteiger partial charge is 0.254 e. The molecule has 7 heteroatoms. The van der Waals surface area contributed by atoms with Crippen LogP contribution in [0, 0.1) is 6.92 Å². The number of rotatable bonds is 5. The highest BCUT2D eigenvalue weighted by Crippen LogP contribution is 2.44. The van der Waals surface area contributed by atoms with E-state index < -0.39 is 17.4 Å². The molecule has 0 fully saturated rings. The van der Waals surface area contributed by atoms with Crippen LogP contribution in [-0.2, 0) is 10.3 Å². The summed E-state index contributed by atoms with van der Waals surface area (Å²) >= 11 is 1.29. The molecule has 1 aromatic carbocycles. The maximum absolute atomic E-state index is 12.1. The van der Waals surface area contributed by atoms with Crippen molar-refractivity contribution in [3.8, 4) is 16.2 Å². The van der Waals surface area contributed by atoms with Crippen molar-refractivity contribution in [2.24, 2.45) is 16.5 Å². The first-order valence-electron chi connectivity index (χ1n) is 7.51. The Bertz CT molecular complexity index is 916. The summed E-state index contributed by atoms with van der Waals surface area (Å²) in [5, 5.41) is 0. The maximum atomic E-state index is 12.1. The van der Waals surface area contributed by atoms with Crippen molar-refractivity contribution in [3.63, 3.8) is 0 Å². The molecule has 25 heavy (non-hydrogen) atoms. The first-order valence-corrected chi connectivity index (χ1v) is 8.33. The first-order chi connectivity index (χ1) is 11.9. The van der Waals surface area contributed by atoms with Crippen molar-refractivity contribution in [1.29, 1.82) is 0 Å². The predicted molar refractivity (Wildman–Crippen MR) is 98.1 cm³/mol. The number of hydrogen-bond donors (Lipinski definition) is 2. The zero-order valence-corrected chi connectivity index (χ0v) is 14.6. The van der Waals surface area contributed by atoms with Gasteiger partial charge in [0, 0.05) is 11.1 Å². The Morgan fingerprint density at radius 3 is 2.60 bits per heavy atom. The van der Waals surface area contributed by atoms with Crippen LogP contribution in [0.3, 0.4) is 0 Å². The normalized spacial score (nSPS) is 18.5. The van der Waals surface area contributed by atoms with E-state index in [0.717, 1.165) is 10.4 Å². The lowest BCUT2D eigenvalue weighted by molar-refractivity contribution is -0.121. The number of amides is 2. The molecule has 3 rings (SSSR count). The fraction of sp³-hybridized carbons (Fsp3) is 0.167. The second kappa shape index (κ2) is 6.18. The van der Waals surface area contributed by atoms with Crippen LogP contribution in [0.2, 0.25) is 0 Å². The van der Waals surface area contributed by atoms with Crippen LogP contribution >= 0.6 is 11.3 Å². The van der Waals surface area contributed by atoms with Crippen LogP contribution in [-0.4, -0.2) is 25.1 Å². The quantitative estimate of drug-likeness (QED) is 0.858. The van der Waals surface area contributed by atoms with Crippen LogP contribution in [0.1, 0.15) is 20.8 Å². The standard InChI is InChI=1S/C18H17N3O3S/c1-10-13(16(19)22)15(18(17(20)23)7-4-8-21-18)25-14(10)11-5-3-6-12(9-11)24-2/h3-9H,1-2H3,(H2,19,22)(H2,20,23). The summed E-state index contributed by atoms with van der Waals surface area (Å²) in [6, 6.07) is 7.45. The van der Waals surface area contributed by atoms with Gasteiger partial charge in [0.2, 0.25) is 5.91 Å². The molecule has 128 valence electrons. The van der Waals surface area contributed by atoms with Gasteiger partial charge in [-0.05, 0) is 42.3 Å². The zero-order chi connectivity index (χ0) is 18.2. The summed E-state index contributed by atoms with van der Waals surface area (Å²) in [5.74, 6) is -0.580. The minimum Gasteiger partial charge on any atom is -0.497 e. The molecule has 0 saturated carbocycles. The van der Waals surface area contributed by atoms with Gasteiger partial charge in [0.25, 0.3) is 5.91 Å². The Balaban J connectivity index is 2.28. The molecule has 1 aromatic heterocycles. The lowest BCUT2D eigenvalue weighted by Crippen LogP contribution is -2.37. The minimum absolute atomic E-state index is 0.283. The number of ether oxygens (including phenoxy) is 1. The first kappa shape index (κ1) is 16.9. The van der Waals surface area contributed by atoms with E-state index in [2.05, 4.69) is 4.99 Å². The number of primary amides is 2. The van der Waals surface area contributed by atoms with Gasteiger partial charge < -0.3 is 16.2 Å². The number of carbonyl (C=O) groups is 2. The lowest BCUT2D eigenvalue weighted by Gasteiger charge is -2.20. The van der Waals surface area contributed by atoms with Crippen molar-refractivity contribution in [1.82, 2.24) is 0 Å². The van der Waals surface area contributed by atoms with Crippen LogP contribution in [0.4, 0.5) is 0 Å². The van der Waals surface area contributed by atoms with E-state index in [-0.39, 0.29) is 5.56 Å². The summed E-state index contributed by atoms with van der Waals surface area (Å²) in [7, 11) is 1.58. The van der Waals surface area contributed by atoms with E-state index >= 15 is 0 Å². The molecule has 0 radical (unpaired) electrons. The van der Waals surface area contributed by atoms with Crippen LogP contribution in [0.15, 0.2) is 41.4 Å². The largest absolute Gasteiger partial charge is 0.497 e. The number of benzene rings is 1. The molecule has 1 aliphatic heterocycles. The topological polar surface area (TPSA) is 108 Å². The fourth-order valence-corrected chi connectivity index (χ4v) is 4.33. The number of hydrogen-bond acceptors (Lipinski definition) is 5. The molecule has 1 atom stereocenters. The Morgan fingerprint density at radius 2 is 2.04 bits per heavy atom. The average Bonchev–Trinajstić information content (AvgIpc) is 3.20. The maximum Gasteiger partial charge on any atom is 0.254 e. The van der Waals surface area contributed by atoms with E-state index in [1.54, 1.807) is 26.2 Å². The molecule has 0 aliphatic carbocycles. The number of nitrogens with zero attached hydrogens (tertiary/aromatic N) is 1. The monoisotopic (exact) mass is 355 g/mol. The highest BCUT2D eigenvalue weighted by molar-refractivity contribution is 7.16. The summed E-state index contributed by atoms with van der Waals surface area (Å²) in [6.45, 7) is 1.80. The third kappa shape index (κ3) is 2.62. The van der Waals surface area contributed by atoms with E-state index in [4.69, 9.17) is 16.2 Å². The number of thiophene rings is 1. The molecular formula is C18H17N3O3S. The SMILES string of the molecule is COc1cccc(-c2sc(C3(C(N)=O)C=CC=N3)c(C(N)=O)c2C)c1. The second-order valence-corrected chi connectivity index (χ2v) is 6.65. The highest BCUT2D eigenvalue weighted by atomic mass is 32.1. The van der Waals surface area contributed by atoms with Gasteiger partial charge in [0.1, 0.15) is 5.75 Å².